The van der Waals surface area contributed by atoms with E-state index in [1.165, 1.54) is 18.4 Å². The summed E-state index contributed by atoms with van der Waals surface area (Å²) in [6.45, 7) is 13.2. The lowest BCUT2D eigenvalue weighted by Crippen LogP contribution is -2.59. The van der Waals surface area contributed by atoms with E-state index in [0.717, 1.165) is 37.1 Å². The number of benzene rings is 3. The number of aliphatic hydroxyl groups is 1. The van der Waals surface area contributed by atoms with Crippen LogP contribution in [0.1, 0.15) is 64.7 Å². The Bertz CT molecular complexity index is 1620. The average molecular weight is 732 g/mol. The van der Waals surface area contributed by atoms with E-state index in [1.807, 2.05) is 75.4 Å². The SMILES string of the molecule is COC(=O)N[C@H](C(=O)NN(Cc1ccc(OCCN2CCCc3ccccc32)cc1)C[C@H](O)[C@H](Cc1ccccc1)NC(=O)OC(C)(C)C)C(C)(C)C. The Morgan fingerprint density at radius 1 is 0.868 bits per heavy atom. The van der Waals surface area contributed by atoms with Crippen molar-refractivity contribution < 1.29 is 33.7 Å². The lowest BCUT2D eigenvalue weighted by molar-refractivity contribution is -0.131. The Labute approximate surface area is 314 Å². The maximum atomic E-state index is 13.8. The molecule has 0 spiro atoms. The van der Waals surface area contributed by atoms with Crippen LogP contribution >= 0.6 is 0 Å². The normalized spacial score (nSPS) is 14.7. The second-order valence-electron chi connectivity index (χ2n) is 15.5. The number of para-hydroxylation sites is 1. The van der Waals surface area contributed by atoms with Crippen LogP contribution in [0.5, 0.6) is 5.75 Å². The maximum absolute atomic E-state index is 13.8. The molecule has 0 fully saturated rings. The number of hydrazine groups is 1. The molecule has 12 nitrogen and oxygen atoms in total. The van der Waals surface area contributed by atoms with E-state index in [1.54, 1.807) is 25.8 Å². The topological polar surface area (TPSA) is 142 Å². The molecule has 0 saturated heterocycles. The number of rotatable bonds is 15. The molecular weight excluding hydrogens is 674 g/mol. The Hall–Kier alpha value is -4.81. The third-order valence-corrected chi connectivity index (χ3v) is 8.85. The zero-order valence-corrected chi connectivity index (χ0v) is 32.2. The van der Waals surface area contributed by atoms with Crippen molar-refractivity contribution in [3.05, 3.63) is 95.6 Å². The minimum Gasteiger partial charge on any atom is -0.492 e. The third kappa shape index (κ3) is 13.3. The van der Waals surface area contributed by atoms with Crippen LogP contribution in [-0.2, 0) is 33.7 Å². The highest BCUT2D eigenvalue weighted by molar-refractivity contribution is 5.86. The van der Waals surface area contributed by atoms with E-state index >= 15 is 0 Å². The van der Waals surface area contributed by atoms with Gasteiger partial charge in [0.2, 0.25) is 0 Å². The number of anilines is 1. The summed E-state index contributed by atoms with van der Waals surface area (Å²) in [5.74, 6) is 0.225. The zero-order chi connectivity index (χ0) is 38.6. The number of hydrogen-bond donors (Lipinski definition) is 4. The quantitative estimate of drug-likeness (QED) is 0.147. The van der Waals surface area contributed by atoms with Crippen molar-refractivity contribution >= 4 is 23.8 Å². The molecule has 53 heavy (non-hydrogen) atoms. The average Bonchev–Trinajstić information content (AvgIpc) is 3.10. The molecule has 3 atom stereocenters. The molecule has 4 rings (SSSR count). The van der Waals surface area contributed by atoms with Crippen molar-refractivity contribution in [1.29, 1.82) is 0 Å². The number of fused-ring (bicyclic) bond motifs is 1. The van der Waals surface area contributed by atoms with Crippen LogP contribution in [0, 0.1) is 5.41 Å². The zero-order valence-electron chi connectivity index (χ0n) is 32.2. The van der Waals surface area contributed by atoms with Gasteiger partial charge in [0.15, 0.2) is 0 Å². The first-order valence-corrected chi connectivity index (χ1v) is 18.3. The number of nitrogens with zero attached hydrogens (tertiary/aromatic N) is 2. The van der Waals surface area contributed by atoms with Crippen LogP contribution in [0.15, 0.2) is 78.9 Å². The minimum absolute atomic E-state index is 0.0658. The van der Waals surface area contributed by atoms with Crippen molar-refractivity contribution in [3.8, 4) is 5.75 Å². The molecule has 0 saturated carbocycles. The van der Waals surface area contributed by atoms with E-state index in [-0.39, 0.29) is 13.1 Å². The highest BCUT2D eigenvalue weighted by Gasteiger charge is 2.35. The first-order chi connectivity index (χ1) is 25.1. The molecule has 1 aliphatic heterocycles. The number of methoxy groups -OCH3 is 1. The molecule has 1 aliphatic rings. The summed E-state index contributed by atoms with van der Waals surface area (Å²) in [6.07, 6.45) is -0.0261. The molecule has 1 heterocycles. The summed E-state index contributed by atoms with van der Waals surface area (Å²) in [6, 6.07) is 23.9. The summed E-state index contributed by atoms with van der Waals surface area (Å²) in [5, 5.41) is 18.7. The number of aliphatic hydroxyl groups excluding tert-OH is 1. The number of hydrogen-bond acceptors (Lipinski definition) is 9. The van der Waals surface area contributed by atoms with Gasteiger partial charge in [-0.1, -0.05) is 81.4 Å². The number of ether oxygens (including phenoxy) is 3. The Balaban J connectivity index is 1.50. The smallest absolute Gasteiger partial charge is 0.407 e. The van der Waals surface area contributed by atoms with Crippen LogP contribution in [0.2, 0.25) is 0 Å². The molecule has 0 unspecified atom stereocenters. The summed E-state index contributed by atoms with van der Waals surface area (Å²) in [5.41, 5.74) is 5.88. The first kappa shape index (κ1) is 41.0. The monoisotopic (exact) mass is 731 g/mol. The van der Waals surface area contributed by atoms with Crippen molar-refractivity contribution in [1.82, 2.24) is 21.1 Å². The largest absolute Gasteiger partial charge is 0.492 e. The van der Waals surface area contributed by atoms with Crippen molar-refractivity contribution in [3.63, 3.8) is 0 Å². The third-order valence-electron chi connectivity index (χ3n) is 8.85. The van der Waals surface area contributed by atoms with E-state index in [4.69, 9.17) is 14.2 Å². The predicted octanol–water partition coefficient (Wildman–Crippen LogP) is 5.62. The van der Waals surface area contributed by atoms with Gasteiger partial charge in [-0.05, 0) is 80.3 Å². The molecule has 0 aliphatic carbocycles. The number of alkyl carbamates (subject to hydrolysis) is 2. The number of carbonyl (C=O) groups excluding carboxylic acids is 3. The standard InChI is InChI=1S/C41H57N5O7/c1-40(2,3)36(43-38(49)51-7)37(48)44-46(28-35(47)33(26-29-14-9-8-10-15-29)42-39(50)53-41(4,5)6)27-30-19-21-32(22-20-30)52-25-24-45-23-13-17-31-16-11-12-18-34(31)45/h8-12,14-16,18-22,33,35-36,47H,13,17,23-28H2,1-7H3,(H,42,50)(H,43,49)(H,44,48)/t33-,35-,36+/m0/s1. The second kappa shape index (κ2) is 18.8. The van der Waals surface area contributed by atoms with Gasteiger partial charge >= 0.3 is 12.2 Å². The molecule has 3 aromatic carbocycles. The Morgan fingerprint density at radius 2 is 1.55 bits per heavy atom. The fourth-order valence-electron chi connectivity index (χ4n) is 6.21. The van der Waals surface area contributed by atoms with E-state index < -0.39 is 47.3 Å². The van der Waals surface area contributed by atoms with E-state index in [0.29, 0.717) is 18.8 Å². The van der Waals surface area contributed by atoms with Crippen LogP contribution in [0.4, 0.5) is 15.3 Å². The first-order valence-electron chi connectivity index (χ1n) is 18.3. The van der Waals surface area contributed by atoms with Gasteiger partial charge in [0.25, 0.3) is 5.91 Å². The van der Waals surface area contributed by atoms with Gasteiger partial charge in [0.1, 0.15) is 24.0 Å². The van der Waals surface area contributed by atoms with Crippen molar-refractivity contribution in [2.24, 2.45) is 5.41 Å². The highest BCUT2D eigenvalue weighted by atomic mass is 16.6. The molecule has 0 aromatic heterocycles. The van der Waals surface area contributed by atoms with Crippen LogP contribution < -0.4 is 25.7 Å². The van der Waals surface area contributed by atoms with Gasteiger partial charge < -0.3 is 34.9 Å². The highest BCUT2D eigenvalue weighted by Crippen LogP contribution is 2.26. The summed E-state index contributed by atoms with van der Waals surface area (Å²) < 4.78 is 16.4. The molecule has 288 valence electrons. The fraction of sp³-hybridized carbons (Fsp3) is 0.488. The predicted molar refractivity (Wildman–Crippen MR) is 206 cm³/mol. The van der Waals surface area contributed by atoms with Gasteiger partial charge in [-0.3, -0.25) is 10.2 Å². The minimum atomic E-state index is -1.15. The molecule has 0 radical (unpaired) electrons. The van der Waals surface area contributed by atoms with Gasteiger partial charge in [-0.25, -0.2) is 14.6 Å². The van der Waals surface area contributed by atoms with Gasteiger partial charge in [-0.15, -0.1) is 0 Å². The number of carbonyl (C=O) groups is 3. The van der Waals surface area contributed by atoms with Gasteiger partial charge in [0, 0.05) is 25.3 Å². The maximum Gasteiger partial charge on any atom is 0.407 e. The van der Waals surface area contributed by atoms with Gasteiger partial charge in [-0.2, -0.15) is 0 Å². The Morgan fingerprint density at radius 3 is 2.21 bits per heavy atom. The lowest BCUT2D eigenvalue weighted by Gasteiger charge is -2.34. The van der Waals surface area contributed by atoms with Gasteiger partial charge in [0.05, 0.1) is 25.8 Å². The summed E-state index contributed by atoms with van der Waals surface area (Å²) >= 11 is 0. The summed E-state index contributed by atoms with van der Waals surface area (Å²) in [4.78, 5) is 41.3. The molecule has 0 bridgehead atoms. The van der Waals surface area contributed by atoms with Crippen molar-refractivity contribution in [2.45, 2.75) is 91.1 Å². The van der Waals surface area contributed by atoms with Crippen LogP contribution in [0.25, 0.3) is 0 Å². The van der Waals surface area contributed by atoms with Crippen LogP contribution in [0.3, 0.4) is 0 Å². The molecule has 3 aromatic rings. The van der Waals surface area contributed by atoms with E-state index in [2.05, 4.69) is 45.2 Å². The molecule has 3 amide bonds. The molecule has 12 heteroatoms. The lowest BCUT2D eigenvalue weighted by atomic mass is 9.86. The second-order valence-corrected chi connectivity index (χ2v) is 15.5. The number of amides is 3. The van der Waals surface area contributed by atoms with E-state index in [9.17, 15) is 19.5 Å². The summed E-state index contributed by atoms with van der Waals surface area (Å²) in [7, 11) is 1.24. The fourth-order valence-corrected chi connectivity index (χ4v) is 6.21. The van der Waals surface area contributed by atoms with Crippen LogP contribution in [-0.4, -0.2) is 85.3 Å². The number of nitrogens with one attached hydrogen (secondary N) is 3. The Kier molecular flexibility index (Phi) is 14.5. The molecular formula is C41H57N5O7. The molecule has 4 N–H and O–H groups in total. The number of aryl methyl sites for hydroxylation is 1. The van der Waals surface area contributed by atoms with Crippen molar-refractivity contribution in [2.75, 3.05) is 38.3 Å².